The number of rotatable bonds is 23. The third-order valence-electron chi connectivity index (χ3n) is 17.0. The summed E-state index contributed by atoms with van der Waals surface area (Å²) in [4.78, 5) is 178. The smallest absolute Gasteiger partial charge is 0.270 e. The molecule has 12 atom stereocenters. The Balaban J connectivity index is 0.000000308. The number of halogens is 2. The number of nitrogens with zero attached hydrogens (tertiary/aromatic N) is 4. The summed E-state index contributed by atoms with van der Waals surface area (Å²) < 4.78 is 1.77. The average molecular weight is 1710 g/mol. The lowest BCUT2D eigenvalue weighted by Gasteiger charge is -2.31. The first-order chi connectivity index (χ1) is 53.0. The van der Waals surface area contributed by atoms with Gasteiger partial charge in [0.2, 0.25) is 59.1 Å². The summed E-state index contributed by atoms with van der Waals surface area (Å²) >= 11 is 9.24. The van der Waals surface area contributed by atoms with Gasteiger partial charge < -0.3 is 136 Å². The highest BCUT2D eigenvalue weighted by atomic mass is 79.9. The van der Waals surface area contributed by atoms with Crippen molar-refractivity contribution >= 4 is 148 Å². The van der Waals surface area contributed by atoms with Crippen LogP contribution >= 0.6 is 54.5 Å². The topological polar surface area (TPSA) is 676 Å². The van der Waals surface area contributed by atoms with E-state index in [-0.39, 0.29) is 62.9 Å². The fraction of sp³-hybridized carbons (Fsp3) is 0.455. The Morgan fingerprint density at radius 3 is 1.34 bits per heavy atom. The van der Waals surface area contributed by atoms with Crippen LogP contribution in [-0.4, -0.2) is 229 Å². The second-order valence-corrected chi connectivity index (χ2v) is 29.2. The van der Waals surface area contributed by atoms with Crippen molar-refractivity contribution in [1.29, 1.82) is 0 Å². The molecule has 111 heavy (non-hydrogen) atoms. The molecule has 4 aliphatic rings. The molecule has 2 aromatic carbocycles. The molecule has 6 heterocycles. The second kappa shape index (κ2) is 43.9. The summed E-state index contributed by atoms with van der Waals surface area (Å²) in [5.41, 5.74) is 49.1. The third-order valence-corrected chi connectivity index (χ3v) is 19.6. The van der Waals surface area contributed by atoms with Crippen LogP contribution < -0.4 is 131 Å². The van der Waals surface area contributed by atoms with Gasteiger partial charge in [-0.3, -0.25) is 67.5 Å². The molecule has 0 spiro atoms. The van der Waals surface area contributed by atoms with Crippen LogP contribution in [0.3, 0.4) is 0 Å². The molecule has 0 radical (unpaired) electrons. The second-order valence-electron chi connectivity index (χ2n) is 25.7. The predicted molar refractivity (Wildman–Crippen MR) is 420 cm³/mol. The molecule has 2 aromatic heterocycles. The molecule has 41 nitrogen and oxygen atoms in total. The highest BCUT2D eigenvalue weighted by molar-refractivity contribution is 9.10. The zero-order chi connectivity index (χ0) is 80.8. The highest BCUT2D eigenvalue weighted by Gasteiger charge is 2.38. The van der Waals surface area contributed by atoms with Gasteiger partial charge in [-0.15, -0.1) is 22.7 Å². The van der Waals surface area contributed by atoms with Crippen LogP contribution in [0, 0.1) is 0 Å². The highest BCUT2D eigenvalue weighted by Crippen LogP contribution is 2.28. The van der Waals surface area contributed by atoms with Gasteiger partial charge in [0.1, 0.15) is 59.7 Å². The van der Waals surface area contributed by atoms with Crippen molar-refractivity contribution in [2.24, 2.45) is 55.9 Å². The molecule has 4 unspecified atom stereocenters. The Morgan fingerprint density at radius 1 is 0.550 bits per heavy atom. The van der Waals surface area contributed by atoms with Gasteiger partial charge >= 0.3 is 0 Å². The van der Waals surface area contributed by atoms with Gasteiger partial charge in [0, 0.05) is 107 Å². The molecule has 2 saturated heterocycles. The van der Waals surface area contributed by atoms with Gasteiger partial charge in [-0.1, -0.05) is 56.1 Å². The molecule has 0 bridgehead atoms. The number of hydrogen-bond acceptors (Lipinski definition) is 31. The SMILES string of the molecule is C[C@@H]1NC(=O)C(N)CNC(=O)[C@H](C2CCN=C(N)N2)NC(=O)/C(=C/Nc2nc(-c3ccc(Br)cc3)cs2)NC(=O)[C@H](CNC(=O)C[C@@H](N)CCCN)NC1=O.NCCC[C@H](N)CC(=O)NC[C@@H]1NC(=O)[C@H](CO)NC(=O)C(N)CNC(=O)[C@H](C2CCN=C(N)N2)NC(=O)/C(=C/Nc2nc(-c3ccc(Br)cc3)cs2)NC1=O. The van der Waals surface area contributed by atoms with Crippen LogP contribution in [0.5, 0.6) is 0 Å². The van der Waals surface area contributed by atoms with Gasteiger partial charge in [0.25, 0.3) is 11.8 Å². The van der Waals surface area contributed by atoms with Gasteiger partial charge in [0.15, 0.2) is 22.2 Å². The lowest BCUT2D eigenvalue weighted by Crippen LogP contribution is -2.64. The Morgan fingerprint density at radius 2 is 0.946 bits per heavy atom. The van der Waals surface area contributed by atoms with E-state index in [0.29, 0.717) is 60.4 Å². The van der Waals surface area contributed by atoms with Gasteiger partial charge in [-0.25, -0.2) is 9.97 Å². The normalized spacial score (nSPS) is 24.1. The molecule has 12 amide bonds. The number of aliphatic hydroxyl groups excluding tert-OH is 1. The largest absolute Gasteiger partial charge is 0.394 e. The fourth-order valence-corrected chi connectivity index (χ4v) is 12.7. The number of aliphatic imine (C=N–C) groups is 2. The van der Waals surface area contributed by atoms with Crippen molar-refractivity contribution in [2.75, 3.05) is 69.6 Å². The summed E-state index contributed by atoms with van der Waals surface area (Å²) in [5, 5.41) is 56.0. The van der Waals surface area contributed by atoms with Crippen molar-refractivity contribution in [3.8, 4) is 22.5 Å². The molecular weight excluding hydrogens is 1620 g/mol. The maximum Gasteiger partial charge on any atom is 0.270 e. The number of hydrogen-bond donors (Lipinski definition) is 25. The minimum Gasteiger partial charge on any atom is -0.394 e. The van der Waals surface area contributed by atoms with Crippen molar-refractivity contribution in [1.82, 2.24) is 84.4 Å². The number of thiazole rings is 2. The van der Waals surface area contributed by atoms with Gasteiger partial charge in [0.05, 0.1) is 30.1 Å². The van der Waals surface area contributed by atoms with E-state index in [1.54, 1.807) is 10.8 Å². The van der Waals surface area contributed by atoms with E-state index < -0.39 is 175 Å². The van der Waals surface area contributed by atoms with Crippen LogP contribution in [-0.2, 0) is 57.5 Å². The number of aliphatic hydroxyl groups is 1. The Bertz CT molecular complexity index is 4070. The lowest BCUT2D eigenvalue weighted by atomic mass is 10.0. The van der Waals surface area contributed by atoms with Crippen molar-refractivity contribution in [2.45, 2.75) is 131 Å². The molecule has 0 saturated carbocycles. The molecule has 2 fully saturated rings. The number of nitrogens with one attached hydrogen (secondary N) is 16. The Kier molecular flexibility index (Phi) is 34.7. The molecular formula is C66H94Br2N28O13S2. The molecule has 4 aliphatic heterocycles. The number of nitrogens with two attached hydrogens (primary N) is 8. The van der Waals surface area contributed by atoms with Crippen molar-refractivity contribution in [3.05, 3.63) is 92.0 Å². The molecule has 45 heteroatoms. The zero-order valence-electron chi connectivity index (χ0n) is 60.2. The number of benzene rings is 2. The molecule has 0 aliphatic carbocycles. The first-order valence-corrected chi connectivity index (χ1v) is 38.4. The van der Waals surface area contributed by atoms with E-state index in [4.69, 9.17) is 45.9 Å². The van der Waals surface area contributed by atoms with Crippen molar-refractivity contribution < 1.29 is 62.6 Å². The molecule has 602 valence electrons. The summed E-state index contributed by atoms with van der Waals surface area (Å²) in [6, 6.07) is 1.18. The van der Waals surface area contributed by atoms with Crippen LogP contribution in [0.1, 0.15) is 58.3 Å². The van der Waals surface area contributed by atoms with E-state index in [1.165, 1.54) is 35.8 Å². The minimum atomic E-state index is -1.60. The molecule has 4 aromatic rings. The summed E-state index contributed by atoms with van der Waals surface area (Å²) in [7, 11) is 0. The van der Waals surface area contributed by atoms with Crippen LogP contribution in [0.15, 0.2) is 102 Å². The summed E-state index contributed by atoms with van der Waals surface area (Å²) in [6.07, 6.45) is 4.87. The van der Waals surface area contributed by atoms with E-state index in [2.05, 4.69) is 137 Å². The number of amides is 12. The summed E-state index contributed by atoms with van der Waals surface area (Å²) in [5.74, 6) is -9.75. The molecule has 33 N–H and O–H groups in total. The Hall–Kier alpha value is -10.4. The monoisotopic (exact) mass is 1710 g/mol. The zero-order valence-corrected chi connectivity index (χ0v) is 65.0. The summed E-state index contributed by atoms with van der Waals surface area (Å²) in [6.45, 7) is 0.0334. The molecule has 8 rings (SSSR count). The maximum absolute atomic E-state index is 14.0. The van der Waals surface area contributed by atoms with E-state index in [9.17, 15) is 62.6 Å². The number of carbonyl (C=O) groups is 12. The van der Waals surface area contributed by atoms with E-state index in [0.717, 1.165) is 26.3 Å². The quantitative estimate of drug-likeness (QED) is 0.0307. The average Bonchev–Trinajstić information content (AvgIpc) is 1.15. The van der Waals surface area contributed by atoms with Gasteiger partial charge in [-0.05, 0) is 82.8 Å². The minimum absolute atomic E-state index is 0.0265. The number of guanidine groups is 2. The van der Waals surface area contributed by atoms with Crippen LogP contribution in [0.4, 0.5) is 10.3 Å². The van der Waals surface area contributed by atoms with Gasteiger partial charge in [-0.2, -0.15) is 0 Å². The predicted octanol–water partition coefficient (Wildman–Crippen LogP) is -6.78. The number of anilines is 2. The van der Waals surface area contributed by atoms with Crippen LogP contribution in [0.2, 0.25) is 0 Å². The third kappa shape index (κ3) is 28.2. The lowest BCUT2D eigenvalue weighted by molar-refractivity contribution is -0.134. The van der Waals surface area contributed by atoms with Crippen LogP contribution in [0.25, 0.3) is 22.5 Å². The number of carbonyl (C=O) groups excluding carboxylic acids is 12. The maximum atomic E-state index is 14.0. The Labute approximate surface area is 661 Å². The van der Waals surface area contributed by atoms with E-state index in [1.807, 2.05) is 48.5 Å². The fourth-order valence-electron chi connectivity index (χ4n) is 10.8. The number of aromatic nitrogens is 2. The van der Waals surface area contributed by atoms with Crippen molar-refractivity contribution in [3.63, 3.8) is 0 Å². The first kappa shape index (κ1) is 87.9. The van der Waals surface area contributed by atoms with E-state index >= 15 is 0 Å². The standard InChI is InChI=1S/C33H47BrN14O7S.C33H47BrN14O6S/c34-17-5-3-16(4-6-17)24-15-56-33(47-24)42-13-22-29(53)48-26(20-7-9-39-32(38)46-20)31(55)41-11-19(37)27(51)45-23(14-49)30(54)44-21(28(52)43-22)12-40-25(50)10-18(36)2-1-8-35;1-16-27(50)44-22(13-40-25(49)11-19(36)3-2-9-35)29(52)45-23(14-42-33-47-24(15-55-33)17-4-6-18(34)7-5-17)30(53)48-26(21-8-10-39-32(38)46-21)31(54)41-12-20(37)28(51)43-16/h3-6,13,15,18-21,23,26,49H,1-2,7-12,14,35-37H2,(H,40,50)(H,41,55)(H,42,47)(H,43,52)(H,44,54)(H,45,51)(H,48,53)(H3,38,39,46);4-7,14-16,19-22,26H,2-3,8-13,35-37H2,1H3,(H,40,49)(H,41,54)(H,42,47)(H,43,51)(H,44,50)(H,45,52)(H,48,53)(H3,38,39,46)/b22-13-;23-14-/t18-,19?,20?,21-,23-,26-;16-,19-,20?,21?,22-,26-/m00/s1. The first-order valence-electron chi connectivity index (χ1n) is 35.1.